The van der Waals surface area contributed by atoms with Gasteiger partial charge < -0.3 is 47.4 Å². The number of aryl methyl sites for hydroxylation is 2. The Balaban J connectivity index is 1.67. The molecule has 99 heavy (non-hydrogen) atoms. The van der Waals surface area contributed by atoms with Crippen LogP contribution in [0.5, 0.6) is 57.5 Å². The molecular formula is C89H138O10. The van der Waals surface area contributed by atoms with Crippen LogP contribution in [0.25, 0.3) is 0 Å². The first-order chi connectivity index (χ1) is 48.7. The van der Waals surface area contributed by atoms with Gasteiger partial charge in [-0.1, -0.05) is 204 Å². The van der Waals surface area contributed by atoms with Gasteiger partial charge in [-0.15, -0.1) is 0 Å². The second-order valence-electron chi connectivity index (χ2n) is 28.2. The third-order valence-corrected chi connectivity index (χ3v) is 19.2. The Kier molecular flexibility index (Phi) is 41.8. The molecule has 0 fully saturated rings. The maximum atomic E-state index is 7.10. The first kappa shape index (κ1) is 82.1. The third kappa shape index (κ3) is 29.9. The average molecular weight is 1370 g/mol. The van der Waals surface area contributed by atoms with Crippen molar-refractivity contribution in [2.24, 2.45) is 0 Å². The molecule has 0 heterocycles. The quantitative estimate of drug-likeness (QED) is 0.0351. The zero-order valence-corrected chi connectivity index (χ0v) is 64.5. The molecule has 0 radical (unpaired) electrons. The summed E-state index contributed by atoms with van der Waals surface area (Å²) in [7, 11) is 0. The van der Waals surface area contributed by atoms with Crippen molar-refractivity contribution in [1.82, 2.24) is 0 Å². The molecule has 10 bridgehead atoms. The lowest BCUT2D eigenvalue weighted by atomic mass is 9.93. The molecule has 0 saturated carbocycles. The van der Waals surface area contributed by atoms with Crippen molar-refractivity contribution in [3.05, 3.63) is 116 Å². The third-order valence-electron chi connectivity index (χ3n) is 19.2. The van der Waals surface area contributed by atoms with Gasteiger partial charge in [0.1, 0.15) is 57.5 Å². The highest BCUT2D eigenvalue weighted by atomic mass is 16.5. The van der Waals surface area contributed by atoms with Gasteiger partial charge in [-0.3, -0.25) is 0 Å². The molecule has 11 aliphatic rings. The van der Waals surface area contributed by atoms with E-state index in [1.54, 1.807) is 0 Å². The van der Waals surface area contributed by atoms with Crippen molar-refractivity contribution in [3.63, 3.8) is 0 Å². The Hall–Kier alpha value is -5.90. The maximum absolute atomic E-state index is 7.10. The standard InChI is InChI=1S/C89H138O10/c1-11-21-34-46-90-80-62-72-56-74-64-86(96-52-40-27-17-7)76(66-84(74)94-50-38-25-15-5)58-78-68-89(99-55-43-30-20-10)79(69-88(78)98-54-42-29-19-9)59-77-67-85(95-51-39-26-16-6)75(65-87(77)97-53-41-28-18-8)57-73-63-81(91-47-35-22-12-2)71(61-83(73)93-49-37-24-14-4)45-33-31-32-44-70(80)60-82(72)92-48-36-23-13-3/h60-69H,11-59H2,1-10H3. The zero-order valence-electron chi connectivity index (χ0n) is 64.5. The number of ether oxygens (including phenoxy) is 10. The van der Waals surface area contributed by atoms with Gasteiger partial charge in [0.05, 0.1) is 66.1 Å². The molecule has 0 unspecified atom stereocenters. The van der Waals surface area contributed by atoms with Crippen LogP contribution in [-0.2, 0) is 38.5 Å². The van der Waals surface area contributed by atoms with E-state index in [1.807, 2.05) is 0 Å². The topological polar surface area (TPSA) is 92.3 Å². The monoisotopic (exact) mass is 1370 g/mol. The predicted octanol–water partition coefficient (Wildman–Crippen LogP) is 25.0. The average Bonchev–Trinajstić information content (AvgIpc) is 0.827. The van der Waals surface area contributed by atoms with Gasteiger partial charge in [-0.2, -0.15) is 0 Å². The number of hydrogen-bond donors (Lipinski definition) is 0. The van der Waals surface area contributed by atoms with E-state index in [0.29, 0.717) is 91.8 Å². The predicted molar refractivity (Wildman–Crippen MR) is 415 cm³/mol. The van der Waals surface area contributed by atoms with Gasteiger partial charge >= 0.3 is 0 Å². The van der Waals surface area contributed by atoms with Gasteiger partial charge in [0.25, 0.3) is 0 Å². The van der Waals surface area contributed by atoms with Crippen LogP contribution in [0.1, 0.15) is 337 Å². The minimum absolute atomic E-state index is 0.562. The van der Waals surface area contributed by atoms with Gasteiger partial charge in [-0.05, 0) is 162 Å². The SMILES string of the molecule is CCCCCOc1cc2c(OCCCCC)cc1CCCCCc1cc(OCCCCC)c(cc1OCCCCC)Cc1cc(OCCCCC)c(cc1OCCCCC)Cc1cc(OCCCCC)c(cc1OCCCCC)Cc1cc(OCCCCC)c(cc1OCCCCC)C2. The van der Waals surface area contributed by atoms with Crippen molar-refractivity contribution in [3.8, 4) is 57.5 Å². The highest BCUT2D eigenvalue weighted by molar-refractivity contribution is 5.58. The van der Waals surface area contributed by atoms with Crippen LogP contribution < -0.4 is 47.4 Å². The fourth-order valence-corrected chi connectivity index (χ4v) is 13.0. The Morgan fingerprint density at radius 1 is 0.172 bits per heavy atom. The van der Waals surface area contributed by atoms with Gasteiger partial charge in [0, 0.05) is 70.2 Å². The van der Waals surface area contributed by atoms with Crippen LogP contribution >= 0.6 is 0 Å². The Labute approximate surface area is 603 Å². The van der Waals surface area contributed by atoms with Crippen molar-refractivity contribution < 1.29 is 47.4 Å². The summed E-state index contributed by atoms with van der Waals surface area (Å²) in [5.41, 5.74) is 11.1. The smallest absolute Gasteiger partial charge is 0.123 e. The lowest BCUT2D eigenvalue weighted by Crippen LogP contribution is -2.10. The van der Waals surface area contributed by atoms with E-state index < -0.39 is 0 Å². The summed E-state index contributed by atoms with van der Waals surface area (Å²) >= 11 is 0. The van der Waals surface area contributed by atoms with E-state index in [2.05, 4.69) is 130 Å². The molecule has 0 aliphatic heterocycles. The second kappa shape index (κ2) is 50.4. The Bertz CT molecular complexity index is 2770. The molecule has 5 aromatic rings. The van der Waals surface area contributed by atoms with E-state index in [0.717, 1.165) is 327 Å². The van der Waals surface area contributed by atoms with Crippen LogP contribution in [0.15, 0.2) is 60.7 Å². The molecule has 0 saturated heterocycles. The summed E-state index contributed by atoms with van der Waals surface area (Å²) in [6.45, 7) is 29.0. The minimum Gasteiger partial charge on any atom is -0.493 e. The van der Waals surface area contributed by atoms with Crippen LogP contribution in [0.4, 0.5) is 0 Å². The summed E-state index contributed by atoms with van der Waals surface area (Å²) in [6.07, 6.45) is 39.3. The van der Waals surface area contributed by atoms with Crippen LogP contribution in [0.3, 0.4) is 0 Å². The summed E-state index contributed by atoms with van der Waals surface area (Å²) in [6, 6.07) is 23.1. The molecule has 554 valence electrons. The van der Waals surface area contributed by atoms with E-state index in [4.69, 9.17) is 47.4 Å². The number of rotatable bonds is 50. The molecule has 10 nitrogen and oxygen atoms in total. The normalized spacial score (nSPS) is 12.6. The summed E-state index contributed by atoms with van der Waals surface area (Å²) < 4.78 is 70.3. The minimum atomic E-state index is 0.562. The first-order valence-corrected chi connectivity index (χ1v) is 40.8. The molecule has 11 aliphatic carbocycles. The lowest BCUT2D eigenvalue weighted by Gasteiger charge is -2.23. The van der Waals surface area contributed by atoms with E-state index in [1.165, 1.54) is 11.1 Å². The molecule has 10 heteroatoms. The second-order valence-corrected chi connectivity index (χ2v) is 28.2. The van der Waals surface area contributed by atoms with E-state index in [-0.39, 0.29) is 0 Å². The largest absolute Gasteiger partial charge is 0.493 e. The molecule has 0 atom stereocenters. The molecule has 5 aromatic carbocycles. The number of benzene rings is 5. The fourth-order valence-electron chi connectivity index (χ4n) is 13.0. The molecule has 0 spiro atoms. The molecular weight excluding hydrogens is 1230 g/mol. The van der Waals surface area contributed by atoms with E-state index >= 15 is 0 Å². The number of hydrogen-bond acceptors (Lipinski definition) is 10. The highest BCUT2D eigenvalue weighted by Gasteiger charge is 2.25. The van der Waals surface area contributed by atoms with Crippen LogP contribution in [-0.4, -0.2) is 66.1 Å². The van der Waals surface area contributed by atoms with Gasteiger partial charge in [0.15, 0.2) is 0 Å². The van der Waals surface area contributed by atoms with Crippen molar-refractivity contribution >= 4 is 0 Å². The zero-order chi connectivity index (χ0) is 70.3. The van der Waals surface area contributed by atoms with Crippen LogP contribution in [0, 0.1) is 0 Å². The van der Waals surface area contributed by atoms with Crippen molar-refractivity contribution in [1.29, 1.82) is 0 Å². The summed E-state index contributed by atoms with van der Waals surface area (Å²) in [5, 5.41) is 0. The van der Waals surface area contributed by atoms with Gasteiger partial charge in [-0.25, -0.2) is 0 Å². The number of fused-ring (bicyclic) bond motifs is 1. The Morgan fingerprint density at radius 2 is 0.303 bits per heavy atom. The van der Waals surface area contributed by atoms with Gasteiger partial charge in [0.2, 0.25) is 0 Å². The van der Waals surface area contributed by atoms with E-state index in [9.17, 15) is 0 Å². The maximum Gasteiger partial charge on any atom is 0.123 e. The molecule has 16 rings (SSSR count). The molecule has 0 N–H and O–H groups in total. The van der Waals surface area contributed by atoms with Crippen molar-refractivity contribution in [2.75, 3.05) is 66.1 Å². The highest BCUT2D eigenvalue weighted by Crippen LogP contribution is 2.43. The van der Waals surface area contributed by atoms with Crippen molar-refractivity contribution in [2.45, 2.75) is 320 Å². The fraction of sp³-hybridized carbons (Fsp3) is 0.663. The van der Waals surface area contributed by atoms with Crippen LogP contribution in [0.2, 0.25) is 0 Å². The summed E-state index contributed by atoms with van der Waals surface area (Å²) in [4.78, 5) is 0. The first-order valence-electron chi connectivity index (χ1n) is 40.8. The molecule has 0 aromatic heterocycles. The molecule has 0 amide bonds. The Morgan fingerprint density at radius 3 is 0.444 bits per heavy atom. The summed E-state index contributed by atoms with van der Waals surface area (Å²) in [5.74, 6) is 9.08. The number of unbranched alkanes of at least 4 members (excludes halogenated alkanes) is 20. The lowest BCUT2D eigenvalue weighted by molar-refractivity contribution is 0.289.